The zero-order chi connectivity index (χ0) is 16.3. The first-order valence-corrected chi connectivity index (χ1v) is 9.50. The van der Waals surface area contributed by atoms with Gasteiger partial charge in [-0.3, -0.25) is 4.79 Å². The van der Waals surface area contributed by atoms with Crippen molar-refractivity contribution in [3.8, 4) is 0 Å². The van der Waals surface area contributed by atoms with Crippen LogP contribution in [0.15, 0.2) is 18.2 Å². The maximum atomic E-state index is 11.9. The maximum Gasteiger partial charge on any atom is 0.225 e. The van der Waals surface area contributed by atoms with E-state index in [0.29, 0.717) is 28.7 Å². The van der Waals surface area contributed by atoms with Crippen LogP contribution >= 0.6 is 23.2 Å². The summed E-state index contributed by atoms with van der Waals surface area (Å²) in [5.41, 5.74) is 0.516. The predicted octanol–water partition coefficient (Wildman–Crippen LogP) is 2.44. The summed E-state index contributed by atoms with van der Waals surface area (Å²) in [6.45, 7) is 0.497. The van der Waals surface area contributed by atoms with Crippen molar-refractivity contribution in [3.63, 3.8) is 0 Å². The Morgan fingerprint density at radius 2 is 2.14 bits per heavy atom. The molecule has 0 saturated carbocycles. The molecule has 5 nitrogen and oxygen atoms in total. The fourth-order valence-corrected chi connectivity index (χ4v) is 4.65. The highest BCUT2D eigenvalue weighted by Gasteiger charge is 2.30. The summed E-state index contributed by atoms with van der Waals surface area (Å²) in [6.07, 6.45) is 0.898. The Hall–Kier alpha value is -0.820. The lowest BCUT2D eigenvalue weighted by atomic mass is 10.2. The molecule has 1 saturated heterocycles. The minimum absolute atomic E-state index is 0.00285. The highest BCUT2D eigenvalue weighted by atomic mass is 35.5. The van der Waals surface area contributed by atoms with Gasteiger partial charge in [-0.25, -0.2) is 8.42 Å². The van der Waals surface area contributed by atoms with Crippen molar-refractivity contribution in [2.45, 2.75) is 18.9 Å². The van der Waals surface area contributed by atoms with E-state index in [9.17, 15) is 13.2 Å². The van der Waals surface area contributed by atoms with Crippen LogP contribution in [0.25, 0.3) is 0 Å². The number of anilines is 1. The third-order valence-electron chi connectivity index (χ3n) is 3.73. The summed E-state index contributed by atoms with van der Waals surface area (Å²) in [4.78, 5) is 13.9. The molecule has 1 N–H and O–H groups in total. The summed E-state index contributed by atoms with van der Waals surface area (Å²) in [6, 6.07) is 4.86. The third kappa shape index (κ3) is 4.84. The number of benzene rings is 1. The SMILES string of the molecule is CN(CCC(=O)Nc1ccc(Cl)cc1Cl)C1CCS(=O)(=O)C1. The third-order valence-corrected chi connectivity index (χ3v) is 6.03. The average Bonchev–Trinajstić information content (AvgIpc) is 2.80. The second-order valence-electron chi connectivity index (χ2n) is 5.46. The Morgan fingerprint density at radius 3 is 2.73 bits per heavy atom. The van der Waals surface area contributed by atoms with Crippen LogP contribution in [0.3, 0.4) is 0 Å². The smallest absolute Gasteiger partial charge is 0.225 e. The van der Waals surface area contributed by atoms with Gasteiger partial charge in [-0.2, -0.15) is 0 Å². The molecule has 1 unspecified atom stereocenters. The first-order chi connectivity index (χ1) is 10.3. The average molecular weight is 365 g/mol. The van der Waals surface area contributed by atoms with E-state index in [1.54, 1.807) is 18.2 Å². The predicted molar refractivity (Wildman–Crippen MR) is 89.4 cm³/mol. The minimum Gasteiger partial charge on any atom is -0.325 e. The fraction of sp³-hybridized carbons (Fsp3) is 0.500. The molecule has 1 amide bonds. The van der Waals surface area contributed by atoms with Crippen LogP contribution in [0, 0.1) is 0 Å². The van der Waals surface area contributed by atoms with E-state index >= 15 is 0 Å². The highest BCUT2D eigenvalue weighted by molar-refractivity contribution is 7.91. The van der Waals surface area contributed by atoms with Crippen molar-refractivity contribution in [3.05, 3.63) is 28.2 Å². The Morgan fingerprint density at radius 1 is 1.41 bits per heavy atom. The number of carbonyl (C=O) groups is 1. The molecule has 0 spiro atoms. The lowest BCUT2D eigenvalue weighted by Gasteiger charge is -2.22. The van der Waals surface area contributed by atoms with Crippen LogP contribution in [0.2, 0.25) is 10.0 Å². The van der Waals surface area contributed by atoms with Gasteiger partial charge in [0.25, 0.3) is 0 Å². The van der Waals surface area contributed by atoms with Gasteiger partial charge in [-0.15, -0.1) is 0 Å². The first kappa shape index (κ1) is 17.5. The van der Waals surface area contributed by atoms with Gasteiger partial charge in [0.1, 0.15) is 0 Å². The van der Waals surface area contributed by atoms with E-state index in [2.05, 4.69) is 5.32 Å². The topological polar surface area (TPSA) is 66.5 Å². The molecule has 1 aliphatic heterocycles. The fourth-order valence-electron chi connectivity index (χ4n) is 2.39. The molecule has 0 aromatic heterocycles. The number of nitrogens with zero attached hydrogens (tertiary/aromatic N) is 1. The van der Waals surface area contributed by atoms with Crippen LogP contribution < -0.4 is 5.32 Å². The molecule has 8 heteroatoms. The Kier molecular flexibility index (Phi) is 5.71. The van der Waals surface area contributed by atoms with E-state index < -0.39 is 9.84 Å². The normalized spacial score (nSPS) is 20.3. The molecule has 1 heterocycles. The number of nitrogens with one attached hydrogen (secondary N) is 1. The standard InChI is InChI=1S/C14H18Cl2N2O3S/c1-18(11-5-7-22(20,21)9-11)6-4-14(19)17-13-3-2-10(15)8-12(13)16/h2-3,8,11H,4-7,9H2,1H3,(H,17,19). The second kappa shape index (κ2) is 7.17. The van der Waals surface area contributed by atoms with Crippen LogP contribution in [0.5, 0.6) is 0 Å². The molecule has 122 valence electrons. The molecule has 1 fully saturated rings. The lowest BCUT2D eigenvalue weighted by molar-refractivity contribution is -0.116. The van der Waals surface area contributed by atoms with Gasteiger partial charge in [0.05, 0.1) is 22.2 Å². The summed E-state index contributed by atoms with van der Waals surface area (Å²) in [7, 11) is -1.07. The van der Waals surface area contributed by atoms with Gasteiger partial charge >= 0.3 is 0 Å². The summed E-state index contributed by atoms with van der Waals surface area (Å²) in [5.74, 6) is 0.236. The van der Waals surface area contributed by atoms with Gasteiger partial charge in [-0.05, 0) is 31.7 Å². The van der Waals surface area contributed by atoms with Crippen molar-refractivity contribution in [2.24, 2.45) is 0 Å². The molecular formula is C14H18Cl2N2O3S. The quantitative estimate of drug-likeness (QED) is 0.871. The van der Waals surface area contributed by atoms with Crippen molar-refractivity contribution in [1.29, 1.82) is 0 Å². The number of halogens is 2. The van der Waals surface area contributed by atoms with E-state index in [-0.39, 0.29) is 29.9 Å². The molecule has 1 aromatic carbocycles. The van der Waals surface area contributed by atoms with E-state index in [1.807, 2.05) is 11.9 Å². The highest BCUT2D eigenvalue weighted by Crippen LogP contribution is 2.25. The van der Waals surface area contributed by atoms with Gasteiger partial charge in [0.2, 0.25) is 5.91 Å². The summed E-state index contributed by atoms with van der Waals surface area (Å²) < 4.78 is 22.9. The molecule has 1 aliphatic rings. The van der Waals surface area contributed by atoms with Crippen molar-refractivity contribution >= 4 is 44.6 Å². The van der Waals surface area contributed by atoms with Gasteiger partial charge in [-0.1, -0.05) is 23.2 Å². The van der Waals surface area contributed by atoms with Crippen LogP contribution in [-0.4, -0.2) is 50.4 Å². The molecule has 0 radical (unpaired) electrons. The number of hydrogen-bond donors (Lipinski definition) is 1. The zero-order valence-electron chi connectivity index (χ0n) is 12.2. The van der Waals surface area contributed by atoms with Crippen molar-refractivity contribution in [1.82, 2.24) is 4.90 Å². The lowest BCUT2D eigenvalue weighted by Crippen LogP contribution is -2.35. The van der Waals surface area contributed by atoms with E-state index in [1.165, 1.54) is 0 Å². The van der Waals surface area contributed by atoms with E-state index in [0.717, 1.165) is 0 Å². The number of amides is 1. The minimum atomic E-state index is -2.91. The monoisotopic (exact) mass is 364 g/mol. The molecule has 22 heavy (non-hydrogen) atoms. The van der Waals surface area contributed by atoms with Gasteiger partial charge in [0.15, 0.2) is 9.84 Å². The second-order valence-corrected chi connectivity index (χ2v) is 8.53. The summed E-state index contributed by atoms with van der Waals surface area (Å²) in [5, 5.41) is 3.62. The maximum absolute atomic E-state index is 11.9. The first-order valence-electron chi connectivity index (χ1n) is 6.92. The number of hydrogen-bond acceptors (Lipinski definition) is 4. The Labute approximate surface area is 140 Å². The van der Waals surface area contributed by atoms with E-state index in [4.69, 9.17) is 23.2 Å². The molecule has 2 rings (SSSR count). The van der Waals surface area contributed by atoms with Gasteiger partial charge in [0, 0.05) is 24.0 Å². The van der Waals surface area contributed by atoms with Crippen LogP contribution in [0.4, 0.5) is 5.69 Å². The number of carbonyl (C=O) groups excluding carboxylic acids is 1. The van der Waals surface area contributed by atoms with Crippen LogP contribution in [0.1, 0.15) is 12.8 Å². The molecule has 1 aromatic rings. The van der Waals surface area contributed by atoms with Gasteiger partial charge < -0.3 is 10.2 Å². The Bertz CT molecular complexity index is 664. The Balaban J connectivity index is 1.82. The molecule has 0 bridgehead atoms. The molecular weight excluding hydrogens is 347 g/mol. The van der Waals surface area contributed by atoms with Crippen molar-refractivity contribution in [2.75, 3.05) is 30.4 Å². The summed E-state index contributed by atoms with van der Waals surface area (Å²) >= 11 is 11.8. The van der Waals surface area contributed by atoms with Crippen LogP contribution in [-0.2, 0) is 14.6 Å². The number of sulfone groups is 1. The largest absolute Gasteiger partial charge is 0.325 e. The number of rotatable bonds is 5. The van der Waals surface area contributed by atoms with Crippen molar-refractivity contribution < 1.29 is 13.2 Å². The molecule has 1 atom stereocenters. The zero-order valence-corrected chi connectivity index (χ0v) is 14.5. The molecule has 0 aliphatic carbocycles.